The number of guanidine groups is 1. The van der Waals surface area contributed by atoms with Crippen molar-refractivity contribution in [2.45, 2.75) is 40.5 Å². The van der Waals surface area contributed by atoms with Crippen LogP contribution in [0.4, 0.5) is 0 Å². The Balaban J connectivity index is 1.84. The number of likely N-dealkylation sites (tertiary alicyclic amines) is 1. The molecule has 6 heteroatoms. The highest BCUT2D eigenvalue weighted by Crippen LogP contribution is 2.38. The molecular weight excluding hydrogens is 292 g/mol. The molecule has 2 heterocycles. The summed E-state index contributed by atoms with van der Waals surface area (Å²) >= 11 is 0. The summed E-state index contributed by atoms with van der Waals surface area (Å²) in [6.07, 6.45) is 2.34. The van der Waals surface area contributed by atoms with Crippen molar-refractivity contribution < 1.29 is 9.53 Å². The number of nitrogens with one attached hydrogen (secondary N) is 2. The molecule has 1 unspecified atom stereocenters. The van der Waals surface area contributed by atoms with E-state index < -0.39 is 0 Å². The fourth-order valence-corrected chi connectivity index (χ4v) is 3.11. The van der Waals surface area contributed by atoms with Gasteiger partial charge in [0.15, 0.2) is 5.96 Å². The predicted octanol–water partition coefficient (Wildman–Crippen LogP) is 1.23. The Hall–Kier alpha value is -1.30. The van der Waals surface area contributed by atoms with E-state index in [0.29, 0.717) is 18.5 Å². The number of nitrogens with zero attached hydrogens (tertiary/aromatic N) is 2. The molecule has 2 aliphatic heterocycles. The maximum absolute atomic E-state index is 11.9. The van der Waals surface area contributed by atoms with E-state index in [1.54, 1.807) is 0 Å². The van der Waals surface area contributed by atoms with E-state index in [2.05, 4.69) is 27.4 Å². The van der Waals surface area contributed by atoms with Crippen molar-refractivity contribution in [1.82, 2.24) is 15.5 Å². The van der Waals surface area contributed by atoms with E-state index in [4.69, 9.17) is 4.74 Å². The van der Waals surface area contributed by atoms with Crippen LogP contribution in [0.15, 0.2) is 4.99 Å². The van der Waals surface area contributed by atoms with Crippen LogP contribution in [-0.2, 0) is 9.53 Å². The summed E-state index contributed by atoms with van der Waals surface area (Å²) in [5.74, 6) is 1.03. The Morgan fingerprint density at radius 1 is 1.30 bits per heavy atom. The van der Waals surface area contributed by atoms with Gasteiger partial charge in [-0.05, 0) is 19.8 Å². The molecule has 2 N–H and O–H groups in total. The van der Waals surface area contributed by atoms with Crippen LogP contribution in [0, 0.1) is 10.8 Å². The zero-order valence-corrected chi connectivity index (χ0v) is 15.1. The fourth-order valence-electron chi connectivity index (χ4n) is 3.11. The molecule has 1 spiro atoms. The van der Waals surface area contributed by atoms with Crippen molar-refractivity contribution in [3.63, 3.8) is 0 Å². The average molecular weight is 324 g/mol. The van der Waals surface area contributed by atoms with Gasteiger partial charge in [0.05, 0.1) is 13.2 Å². The van der Waals surface area contributed by atoms with Crippen molar-refractivity contribution in [1.29, 1.82) is 0 Å². The summed E-state index contributed by atoms with van der Waals surface area (Å²) in [5, 5.41) is 6.32. The quantitative estimate of drug-likeness (QED) is 0.464. The van der Waals surface area contributed by atoms with Gasteiger partial charge in [0.2, 0.25) is 5.91 Å². The maximum atomic E-state index is 11.9. The summed E-state index contributed by atoms with van der Waals surface area (Å²) in [6.45, 7) is 13.7. The minimum Gasteiger partial charge on any atom is -0.381 e. The average Bonchev–Trinajstić information content (AvgIpc) is 3.12. The molecule has 0 aromatic rings. The first-order valence-electron chi connectivity index (χ1n) is 8.76. The minimum absolute atomic E-state index is 0.0703. The molecule has 1 atom stereocenters. The van der Waals surface area contributed by atoms with Crippen molar-refractivity contribution in [2.24, 2.45) is 15.8 Å². The molecule has 132 valence electrons. The van der Waals surface area contributed by atoms with Crippen LogP contribution in [0.1, 0.15) is 40.5 Å². The van der Waals surface area contributed by atoms with E-state index in [-0.39, 0.29) is 11.3 Å². The third-order valence-electron chi connectivity index (χ3n) is 4.60. The molecule has 2 aliphatic rings. The zero-order chi connectivity index (χ0) is 16.9. The number of ether oxygens (including phenoxy) is 1. The van der Waals surface area contributed by atoms with Gasteiger partial charge in [0.1, 0.15) is 0 Å². The summed E-state index contributed by atoms with van der Waals surface area (Å²) in [7, 11) is 0. The lowest BCUT2D eigenvalue weighted by atomic mass is 9.87. The van der Waals surface area contributed by atoms with E-state index in [1.807, 2.05) is 20.8 Å². The summed E-state index contributed by atoms with van der Waals surface area (Å²) in [4.78, 5) is 18.9. The number of amides is 1. The highest BCUT2D eigenvalue weighted by atomic mass is 16.5. The van der Waals surface area contributed by atoms with Gasteiger partial charge in [0, 0.05) is 43.6 Å². The van der Waals surface area contributed by atoms with Crippen LogP contribution in [-0.4, -0.2) is 62.7 Å². The van der Waals surface area contributed by atoms with Crippen LogP contribution in [0.25, 0.3) is 0 Å². The lowest BCUT2D eigenvalue weighted by Gasteiger charge is -2.25. The van der Waals surface area contributed by atoms with Gasteiger partial charge < -0.3 is 20.3 Å². The summed E-state index contributed by atoms with van der Waals surface area (Å²) in [6, 6.07) is 0. The molecule has 1 amide bonds. The fraction of sp³-hybridized carbons (Fsp3) is 0.882. The molecule has 2 rings (SSSR count). The molecule has 2 saturated heterocycles. The number of hydrogen-bond acceptors (Lipinski definition) is 3. The molecule has 6 nitrogen and oxygen atoms in total. The third kappa shape index (κ3) is 4.83. The normalized spacial score (nSPS) is 25.2. The number of rotatable bonds is 4. The topological polar surface area (TPSA) is 66.0 Å². The van der Waals surface area contributed by atoms with E-state index in [1.165, 1.54) is 6.42 Å². The van der Waals surface area contributed by atoms with Crippen LogP contribution >= 0.6 is 0 Å². The molecule has 0 radical (unpaired) electrons. The zero-order valence-electron chi connectivity index (χ0n) is 15.1. The smallest absolute Gasteiger partial charge is 0.225 e. The second-order valence-corrected chi connectivity index (χ2v) is 7.72. The van der Waals surface area contributed by atoms with Crippen molar-refractivity contribution in [3.05, 3.63) is 0 Å². The van der Waals surface area contributed by atoms with E-state index >= 15 is 0 Å². The van der Waals surface area contributed by atoms with Gasteiger partial charge >= 0.3 is 0 Å². The largest absolute Gasteiger partial charge is 0.381 e. The molecule has 0 aromatic carbocycles. The maximum Gasteiger partial charge on any atom is 0.225 e. The van der Waals surface area contributed by atoms with Gasteiger partial charge in [-0.25, -0.2) is 0 Å². The standard InChI is InChI=1S/C17H32N4O2/c1-5-18-15(20-9-8-19-14(22)16(2,3)4)21-10-6-17(12-21)7-11-23-13-17/h5-13H2,1-4H3,(H,18,20)(H,19,22). The Kier molecular flexibility index (Phi) is 5.89. The first kappa shape index (κ1) is 18.0. The van der Waals surface area contributed by atoms with Crippen LogP contribution in [0.3, 0.4) is 0 Å². The lowest BCUT2D eigenvalue weighted by Crippen LogP contribution is -2.42. The Labute approximate surface area is 140 Å². The Morgan fingerprint density at radius 2 is 2.09 bits per heavy atom. The van der Waals surface area contributed by atoms with Gasteiger partial charge in [-0.2, -0.15) is 0 Å². The van der Waals surface area contributed by atoms with Crippen LogP contribution in [0.2, 0.25) is 0 Å². The number of carbonyl (C=O) groups excluding carboxylic acids is 1. The number of aliphatic imine (C=N–C) groups is 1. The van der Waals surface area contributed by atoms with E-state index in [9.17, 15) is 4.79 Å². The molecule has 0 bridgehead atoms. The predicted molar refractivity (Wildman–Crippen MR) is 92.5 cm³/mol. The van der Waals surface area contributed by atoms with Crippen molar-refractivity contribution in [3.8, 4) is 0 Å². The van der Waals surface area contributed by atoms with Gasteiger partial charge in [-0.1, -0.05) is 20.8 Å². The second-order valence-electron chi connectivity index (χ2n) is 7.72. The van der Waals surface area contributed by atoms with E-state index in [0.717, 1.165) is 45.2 Å². The molecule has 0 aromatic heterocycles. The molecular formula is C17H32N4O2. The summed E-state index contributed by atoms with van der Waals surface area (Å²) < 4.78 is 5.59. The molecule has 2 fully saturated rings. The highest BCUT2D eigenvalue weighted by molar-refractivity contribution is 5.81. The monoisotopic (exact) mass is 324 g/mol. The summed E-state index contributed by atoms with van der Waals surface area (Å²) in [5.41, 5.74) is -0.0192. The van der Waals surface area contributed by atoms with Gasteiger partial charge in [-0.3, -0.25) is 9.79 Å². The highest BCUT2D eigenvalue weighted by Gasteiger charge is 2.42. The Bertz CT molecular complexity index is 436. The third-order valence-corrected chi connectivity index (χ3v) is 4.60. The minimum atomic E-state index is -0.349. The van der Waals surface area contributed by atoms with Crippen molar-refractivity contribution in [2.75, 3.05) is 45.9 Å². The lowest BCUT2D eigenvalue weighted by molar-refractivity contribution is -0.128. The van der Waals surface area contributed by atoms with Crippen molar-refractivity contribution >= 4 is 11.9 Å². The number of hydrogen-bond donors (Lipinski definition) is 2. The SMILES string of the molecule is CCNC(=NCCNC(=O)C(C)(C)C)N1CCC2(CCOC2)C1. The first-order chi connectivity index (χ1) is 10.9. The first-order valence-corrected chi connectivity index (χ1v) is 8.76. The van der Waals surface area contributed by atoms with Gasteiger partial charge in [0.25, 0.3) is 0 Å². The second kappa shape index (κ2) is 7.51. The van der Waals surface area contributed by atoms with Crippen LogP contribution < -0.4 is 10.6 Å². The number of carbonyl (C=O) groups is 1. The van der Waals surface area contributed by atoms with Crippen LogP contribution in [0.5, 0.6) is 0 Å². The molecule has 23 heavy (non-hydrogen) atoms. The Morgan fingerprint density at radius 3 is 2.70 bits per heavy atom. The molecule has 0 saturated carbocycles. The van der Waals surface area contributed by atoms with Gasteiger partial charge in [-0.15, -0.1) is 0 Å². The molecule has 0 aliphatic carbocycles.